The Kier molecular flexibility index (Phi) is 4.03. The number of rotatable bonds is 3. The molecule has 0 fully saturated rings. The first kappa shape index (κ1) is 10.6. The van der Waals surface area contributed by atoms with E-state index < -0.39 is 5.56 Å². The number of hydrogen-bond donors (Lipinski definition) is 0. The van der Waals surface area contributed by atoms with Gasteiger partial charge in [-0.3, -0.25) is 0 Å². The summed E-state index contributed by atoms with van der Waals surface area (Å²) in [5.41, 5.74) is 0.141. The second kappa shape index (κ2) is 5.31. The summed E-state index contributed by atoms with van der Waals surface area (Å²) in [4.78, 5) is 0. The van der Waals surface area contributed by atoms with Gasteiger partial charge in [0, 0.05) is 0 Å². The van der Waals surface area contributed by atoms with E-state index in [1.54, 1.807) is 30.3 Å². The first-order valence-electron chi connectivity index (χ1n) is 4.20. The van der Waals surface area contributed by atoms with E-state index in [0.29, 0.717) is 11.3 Å². The molecule has 0 amide bonds. The molecule has 0 aliphatic carbocycles. The maximum Gasteiger partial charge on any atom is 0.190 e. The van der Waals surface area contributed by atoms with Crippen molar-refractivity contribution in [2.75, 3.05) is 0 Å². The smallest absolute Gasteiger partial charge is 0.190 e. The highest BCUT2D eigenvalue weighted by Crippen LogP contribution is 2.15. The molecule has 0 aromatic heterocycles. The molecule has 1 rings (SSSR count). The maximum atomic E-state index is 8.57. The lowest BCUT2D eigenvalue weighted by Gasteiger charge is -2.08. The first-order valence-corrected chi connectivity index (χ1v) is 4.63. The average molecular weight is 208 g/mol. The number of hydrogen-bond acceptors (Lipinski definition) is 2. The van der Waals surface area contributed by atoms with Crippen LogP contribution in [0.25, 0.3) is 0 Å². The summed E-state index contributed by atoms with van der Waals surface area (Å²) in [6.45, 7) is 1.87. The van der Waals surface area contributed by atoms with Crippen LogP contribution in [0.3, 0.4) is 0 Å². The van der Waals surface area contributed by atoms with Crippen LogP contribution in [0.2, 0.25) is 0 Å². The van der Waals surface area contributed by atoms with E-state index in [1.165, 1.54) is 0 Å². The van der Waals surface area contributed by atoms with Crippen molar-refractivity contribution in [2.24, 2.45) is 0 Å². The van der Waals surface area contributed by atoms with Gasteiger partial charge in [-0.1, -0.05) is 17.7 Å². The van der Waals surface area contributed by atoms with Crippen LogP contribution in [0.15, 0.2) is 36.4 Å². The molecule has 0 heterocycles. The lowest BCUT2D eigenvalue weighted by molar-refractivity contribution is 0.326. The molecular weight excluding hydrogens is 198 g/mol. The largest absolute Gasteiger partial charge is 0.471 e. The van der Waals surface area contributed by atoms with Crippen LogP contribution in [-0.4, -0.2) is 5.56 Å². The van der Waals surface area contributed by atoms with Crippen molar-refractivity contribution in [2.45, 2.75) is 12.5 Å². The summed E-state index contributed by atoms with van der Waals surface area (Å²) in [5.74, 6) is 0.655. The molecule has 1 atom stereocenters. The third-order valence-corrected chi connectivity index (χ3v) is 1.81. The predicted molar refractivity (Wildman–Crippen MR) is 56.2 cm³/mol. The van der Waals surface area contributed by atoms with Crippen LogP contribution >= 0.6 is 11.6 Å². The molecule has 14 heavy (non-hydrogen) atoms. The summed E-state index contributed by atoms with van der Waals surface area (Å²) in [7, 11) is 0. The fraction of sp³-hybridized carbons (Fsp3) is 0.182. The summed E-state index contributed by atoms with van der Waals surface area (Å²) in [6.07, 6.45) is 3.56. The Morgan fingerprint density at radius 2 is 2.07 bits per heavy atom. The highest BCUT2D eigenvalue weighted by Gasteiger charge is 2.00. The quantitative estimate of drug-likeness (QED) is 0.564. The van der Waals surface area contributed by atoms with Gasteiger partial charge in [-0.05, 0) is 37.3 Å². The molecular formula is C11H10ClNO. The Hall–Kier alpha value is -1.46. The van der Waals surface area contributed by atoms with Crippen molar-refractivity contribution >= 4 is 11.6 Å². The molecule has 3 heteroatoms. The second-order valence-electron chi connectivity index (χ2n) is 2.63. The zero-order chi connectivity index (χ0) is 10.4. The molecule has 0 aliphatic heterocycles. The number of ether oxygens (including phenoxy) is 1. The number of alkyl halides is 1. The molecule has 1 aromatic rings. The van der Waals surface area contributed by atoms with Gasteiger partial charge < -0.3 is 4.74 Å². The number of halogens is 1. The number of nitriles is 1. The molecule has 0 aliphatic rings. The van der Waals surface area contributed by atoms with Gasteiger partial charge in [0.15, 0.2) is 5.56 Å². The van der Waals surface area contributed by atoms with Crippen LogP contribution < -0.4 is 4.74 Å². The summed E-state index contributed by atoms with van der Waals surface area (Å²) in [6, 6.07) is 8.85. The van der Waals surface area contributed by atoms with Crippen molar-refractivity contribution in [3.05, 3.63) is 42.0 Å². The third-order valence-electron chi connectivity index (χ3n) is 1.58. The SMILES string of the molecule is C/C=C/C(Cl)Oc1ccc(C#N)cc1. The van der Waals surface area contributed by atoms with Crippen LogP contribution in [0.1, 0.15) is 12.5 Å². The lowest BCUT2D eigenvalue weighted by Crippen LogP contribution is -2.04. The van der Waals surface area contributed by atoms with Crippen molar-refractivity contribution in [3.63, 3.8) is 0 Å². The van der Waals surface area contributed by atoms with Gasteiger partial charge in [-0.15, -0.1) is 0 Å². The fourth-order valence-corrected chi connectivity index (χ4v) is 1.18. The number of benzene rings is 1. The van der Waals surface area contributed by atoms with E-state index in [2.05, 4.69) is 0 Å². The lowest BCUT2D eigenvalue weighted by atomic mass is 10.2. The molecule has 0 radical (unpaired) electrons. The Morgan fingerprint density at radius 1 is 1.43 bits per heavy atom. The zero-order valence-corrected chi connectivity index (χ0v) is 8.53. The van der Waals surface area contributed by atoms with E-state index in [-0.39, 0.29) is 0 Å². The first-order chi connectivity index (χ1) is 6.76. The van der Waals surface area contributed by atoms with Gasteiger partial charge in [0.05, 0.1) is 11.6 Å². The maximum absolute atomic E-state index is 8.57. The van der Waals surface area contributed by atoms with Gasteiger partial charge in [0.1, 0.15) is 5.75 Å². The Balaban J connectivity index is 2.65. The summed E-state index contributed by atoms with van der Waals surface area (Å²) < 4.78 is 5.32. The minimum absolute atomic E-state index is 0.465. The van der Waals surface area contributed by atoms with Gasteiger partial charge in [-0.2, -0.15) is 5.26 Å². The standard InChI is InChI=1S/C11H10ClNO/c1-2-3-11(12)14-10-6-4-9(8-13)5-7-10/h2-7,11H,1H3/b3-2+. The number of nitrogens with zero attached hydrogens (tertiary/aromatic N) is 1. The van der Waals surface area contributed by atoms with Crippen LogP contribution in [0, 0.1) is 11.3 Å². The van der Waals surface area contributed by atoms with Crippen molar-refractivity contribution in [1.29, 1.82) is 5.26 Å². The summed E-state index contributed by atoms with van der Waals surface area (Å²) in [5, 5.41) is 8.57. The Labute approximate surface area is 88.4 Å². The van der Waals surface area contributed by atoms with Crippen molar-refractivity contribution < 1.29 is 4.74 Å². The van der Waals surface area contributed by atoms with E-state index in [1.807, 2.05) is 19.1 Å². The van der Waals surface area contributed by atoms with Crippen molar-refractivity contribution in [1.82, 2.24) is 0 Å². The second-order valence-corrected chi connectivity index (χ2v) is 3.06. The van der Waals surface area contributed by atoms with Crippen molar-refractivity contribution in [3.8, 4) is 11.8 Å². The average Bonchev–Trinajstić information content (AvgIpc) is 2.19. The summed E-state index contributed by atoms with van der Waals surface area (Å²) >= 11 is 5.82. The van der Waals surface area contributed by atoms with E-state index in [4.69, 9.17) is 21.6 Å². The Morgan fingerprint density at radius 3 is 2.57 bits per heavy atom. The minimum Gasteiger partial charge on any atom is -0.471 e. The molecule has 0 N–H and O–H groups in total. The molecule has 0 bridgehead atoms. The molecule has 0 saturated carbocycles. The topological polar surface area (TPSA) is 33.0 Å². The third kappa shape index (κ3) is 3.12. The predicted octanol–water partition coefficient (Wildman–Crippen LogP) is 3.08. The van der Waals surface area contributed by atoms with Gasteiger partial charge in [0.2, 0.25) is 0 Å². The van der Waals surface area contributed by atoms with Gasteiger partial charge in [-0.25, -0.2) is 0 Å². The number of allylic oxidation sites excluding steroid dienone is 1. The molecule has 0 saturated heterocycles. The van der Waals surface area contributed by atoms with Crippen LogP contribution in [0.5, 0.6) is 5.75 Å². The van der Waals surface area contributed by atoms with E-state index >= 15 is 0 Å². The van der Waals surface area contributed by atoms with Gasteiger partial charge >= 0.3 is 0 Å². The van der Waals surface area contributed by atoms with Crippen LogP contribution in [0.4, 0.5) is 0 Å². The van der Waals surface area contributed by atoms with Gasteiger partial charge in [0.25, 0.3) is 0 Å². The van der Waals surface area contributed by atoms with E-state index in [9.17, 15) is 0 Å². The molecule has 72 valence electrons. The minimum atomic E-state index is -0.465. The molecule has 1 aromatic carbocycles. The monoisotopic (exact) mass is 207 g/mol. The zero-order valence-electron chi connectivity index (χ0n) is 7.77. The Bertz CT molecular complexity index is 351. The van der Waals surface area contributed by atoms with E-state index in [0.717, 1.165) is 0 Å². The molecule has 2 nitrogen and oxygen atoms in total. The normalized spacial score (nSPS) is 12.4. The highest BCUT2D eigenvalue weighted by molar-refractivity contribution is 6.21. The molecule has 1 unspecified atom stereocenters. The highest BCUT2D eigenvalue weighted by atomic mass is 35.5. The fourth-order valence-electron chi connectivity index (χ4n) is 0.929. The van der Waals surface area contributed by atoms with Crippen LogP contribution in [-0.2, 0) is 0 Å². The molecule has 0 spiro atoms.